The van der Waals surface area contributed by atoms with E-state index in [2.05, 4.69) is 18.2 Å². The molecule has 13 heavy (non-hydrogen) atoms. The number of rotatable bonds is 1. The average Bonchev–Trinajstić information content (AvgIpc) is 2.20. The predicted octanol–water partition coefficient (Wildman–Crippen LogP) is 4.33. The monoisotopic (exact) mass is 194 g/mol. The minimum absolute atomic E-state index is 1.00. The Kier molecular flexibility index (Phi) is 2.90. The Morgan fingerprint density at radius 1 is 0.923 bits per heavy atom. The summed E-state index contributed by atoms with van der Waals surface area (Å²) in [4.78, 5) is 0. The molecule has 0 N–H and O–H groups in total. The standard InChI is InChI=1S/C12H15Cl/c13-12-8-6-11(7-9-12)10-4-2-1-3-5-10/h4,6,8H,1-3,5,7,9H2. The van der Waals surface area contributed by atoms with Crippen molar-refractivity contribution in [1.29, 1.82) is 0 Å². The molecule has 70 valence electrons. The van der Waals surface area contributed by atoms with Crippen molar-refractivity contribution in [3.63, 3.8) is 0 Å². The average molecular weight is 195 g/mol. The van der Waals surface area contributed by atoms with Crippen LogP contribution >= 0.6 is 11.6 Å². The lowest BCUT2D eigenvalue weighted by Gasteiger charge is -2.18. The Morgan fingerprint density at radius 3 is 2.46 bits per heavy atom. The second kappa shape index (κ2) is 4.15. The van der Waals surface area contributed by atoms with Gasteiger partial charge >= 0.3 is 0 Å². The minimum atomic E-state index is 1.00. The van der Waals surface area contributed by atoms with Crippen molar-refractivity contribution >= 4 is 11.6 Å². The van der Waals surface area contributed by atoms with Crippen molar-refractivity contribution in [3.8, 4) is 0 Å². The second-order valence-corrected chi connectivity index (χ2v) is 4.27. The van der Waals surface area contributed by atoms with E-state index < -0.39 is 0 Å². The van der Waals surface area contributed by atoms with Gasteiger partial charge in [0, 0.05) is 5.03 Å². The molecular formula is C12H15Cl. The van der Waals surface area contributed by atoms with Gasteiger partial charge < -0.3 is 0 Å². The maximum Gasteiger partial charge on any atom is 0.0184 e. The lowest BCUT2D eigenvalue weighted by atomic mass is 9.89. The summed E-state index contributed by atoms with van der Waals surface area (Å²) in [5, 5.41) is 1.00. The van der Waals surface area contributed by atoms with E-state index in [0.29, 0.717) is 0 Å². The van der Waals surface area contributed by atoms with E-state index in [4.69, 9.17) is 11.6 Å². The minimum Gasteiger partial charge on any atom is -0.0891 e. The summed E-state index contributed by atoms with van der Waals surface area (Å²) in [7, 11) is 0. The zero-order chi connectivity index (χ0) is 9.10. The highest BCUT2D eigenvalue weighted by molar-refractivity contribution is 6.29. The molecule has 0 radical (unpaired) electrons. The molecule has 0 saturated carbocycles. The van der Waals surface area contributed by atoms with Gasteiger partial charge in [0.25, 0.3) is 0 Å². The molecule has 2 aliphatic carbocycles. The molecule has 0 heterocycles. The number of hydrogen-bond acceptors (Lipinski definition) is 0. The van der Waals surface area contributed by atoms with Crippen molar-refractivity contribution in [3.05, 3.63) is 34.4 Å². The SMILES string of the molecule is ClC1=CC=C(C2=CCCCC2)CC1. The van der Waals surface area contributed by atoms with Gasteiger partial charge in [-0.15, -0.1) is 0 Å². The Labute approximate surface area is 85.0 Å². The van der Waals surface area contributed by atoms with Crippen LogP contribution in [0.1, 0.15) is 38.5 Å². The first-order valence-corrected chi connectivity index (χ1v) is 5.49. The lowest BCUT2D eigenvalue weighted by molar-refractivity contribution is 0.698. The van der Waals surface area contributed by atoms with Gasteiger partial charge in [-0.2, -0.15) is 0 Å². The van der Waals surface area contributed by atoms with Crippen molar-refractivity contribution in [1.82, 2.24) is 0 Å². The van der Waals surface area contributed by atoms with Crippen LogP contribution in [0.25, 0.3) is 0 Å². The van der Waals surface area contributed by atoms with E-state index in [-0.39, 0.29) is 0 Å². The van der Waals surface area contributed by atoms with E-state index in [0.717, 1.165) is 17.9 Å². The normalized spacial score (nSPS) is 23.3. The molecule has 0 aromatic carbocycles. The smallest absolute Gasteiger partial charge is 0.0184 e. The summed E-state index contributed by atoms with van der Waals surface area (Å²) in [5.41, 5.74) is 3.09. The fourth-order valence-electron chi connectivity index (χ4n) is 2.01. The highest BCUT2D eigenvalue weighted by Gasteiger charge is 2.11. The molecule has 2 aliphatic rings. The van der Waals surface area contributed by atoms with Crippen LogP contribution in [0.4, 0.5) is 0 Å². The maximum atomic E-state index is 5.92. The van der Waals surface area contributed by atoms with Crippen LogP contribution < -0.4 is 0 Å². The van der Waals surface area contributed by atoms with Crippen molar-refractivity contribution in [2.75, 3.05) is 0 Å². The number of allylic oxidation sites excluding steroid dienone is 6. The van der Waals surface area contributed by atoms with E-state index in [9.17, 15) is 0 Å². The summed E-state index contributed by atoms with van der Waals surface area (Å²) < 4.78 is 0. The van der Waals surface area contributed by atoms with Crippen LogP contribution in [0, 0.1) is 0 Å². The van der Waals surface area contributed by atoms with Crippen molar-refractivity contribution in [2.45, 2.75) is 38.5 Å². The van der Waals surface area contributed by atoms with Crippen LogP contribution in [0.15, 0.2) is 34.4 Å². The van der Waals surface area contributed by atoms with Crippen LogP contribution in [-0.2, 0) is 0 Å². The largest absolute Gasteiger partial charge is 0.0891 e. The van der Waals surface area contributed by atoms with Gasteiger partial charge in [-0.25, -0.2) is 0 Å². The molecule has 0 saturated heterocycles. The van der Waals surface area contributed by atoms with Gasteiger partial charge in [-0.3, -0.25) is 0 Å². The van der Waals surface area contributed by atoms with Crippen molar-refractivity contribution < 1.29 is 0 Å². The summed E-state index contributed by atoms with van der Waals surface area (Å²) in [6.45, 7) is 0. The Morgan fingerprint density at radius 2 is 1.85 bits per heavy atom. The highest BCUT2D eigenvalue weighted by atomic mass is 35.5. The van der Waals surface area contributed by atoms with Gasteiger partial charge in [0.1, 0.15) is 0 Å². The molecule has 0 bridgehead atoms. The van der Waals surface area contributed by atoms with E-state index in [1.807, 2.05) is 0 Å². The quantitative estimate of drug-likeness (QED) is 0.583. The van der Waals surface area contributed by atoms with Crippen LogP contribution in [0.5, 0.6) is 0 Å². The second-order valence-electron chi connectivity index (χ2n) is 3.78. The zero-order valence-corrected chi connectivity index (χ0v) is 8.61. The third kappa shape index (κ3) is 2.25. The maximum absolute atomic E-state index is 5.92. The van der Waals surface area contributed by atoms with Gasteiger partial charge in [0.05, 0.1) is 0 Å². The fourth-order valence-corrected chi connectivity index (χ4v) is 2.17. The number of hydrogen-bond donors (Lipinski definition) is 0. The highest BCUT2D eigenvalue weighted by Crippen LogP contribution is 2.31. The van der Waals surface area contributed by atoms with Crippen LogP contribution in [0.3, 0.4) is 0 Å². The molecule has 0 atom stereocenters. The molecule has 0 amide bonds. The molecule has 0 nitrogen and oxygen atoms in total. The molecule has 0 unspecified atom stereocenters. The van der Waals surface area contributed by atoms with Crippen LogP contribution in [-0.4, -0.2) is 0 Å². The zero-order valence-electron chi connectivity index (χ0n) is 7.85. The van der Waals surface area contributed by atoms with E-state index in [1.165, 1.54) is 31.3 Å². The summed E-state index contributed by atoms with van der Waals surface area (Å²) in [5.74, 6) is 0. The molecule has 0 spiro atoms. The molecule has 0 aromatic heterocycles. The summed E-state index contributed by atoms with van der Waals surface area (Å²) in [6.07, 6.45) is 14.1. The van der Waals surface area contributed by atoms with Gasteiger partial charge in [-0.05, 0) is 55.7 Å². The topological polar surface area (TPSA) is 0 Å². The van der Waals surface area contributed by atoms with Crippen molar-refractivity contribution in [2.24, 2.45) is 0 Å². The first kappa shape index (κ1) is 9.08. The predicted molar refractivity (Wildman–Crippen MR) is 57.8 cm³/mol. The first-order valence-electron chi connectivity index (χ1n) is 5.11. The Bertz CT molecular complexity index is 281. The van der Waals surface area contributed by atoms with E-state index in [1.54, 1.807) is 5.57 Å². The lowest BCUT2D eigenvalue weighted by Crippen LogP contribution is -1.98. The fraction of sp³-hybridized carbons (Fsp3) is 0.500. The third-order valence-corrected chi connectivity index (χ3v) is 3.12. The van der Waals surface area contributed by atoms with Gasteiger partial charge in [0.2, 0.25) is 0 Å². The molecule has 2 rings (SSSR count). The molecular weight excluding hydrogens is 180 g/mol. The molecule has 0 fully saturated rings. The molecule has 0 aliphatic heterocycles. The van der Waals surface area contributed by atoms with Crippen LogP contribution in [0.2, 0.25) is 0 Å². The molecule has 1 heteroatoms. The molecule has 0 aromatic rings. The summed E-state index contributed by atoms with van der Waals surface area (Å²) >= 11 is 5.92. The van der Waals surface area contributed by atoms with Gasteiger partial charge in [-0.1, -0.05) is 23.8 Å². The third-order valence-electron chi connectivity index (χ3n) is 2.80. The first-order chi connectivity index (χ1) is 6.36. The summed E-state index contributed by atoms with van der Waals surface area (Å²) in [6, 6.07) is 0. The Balaban J connectivity index is 2.12. The van der Waals surface area contributed by atoms with Gasteiger partial charge in [0.15, 0.2) is 0 Å². The number of halogens is 1. The Hall–Kier alpha value is -0.490. The van der Waals surface area contributed by atoms with E-state index >= 15 is 0 Å².